The van der Waals surface area contributed by atoms with E-state index in [1.54, 1.807) is 7.05 Å². The number of alkyl halides is 3. The fourth-order valence-corrected chi connectivity index (χ4v) is 4.91. The van der Waals surface area contributed by atoms with Crippen LogP contribution in [0.15, 0.2) is 30.3 Å². The van der Waals surface area contributed by atoms with Crippen molar-refractivity contribution in [3.63, 3.8) is 0 Å². The largest absolute Gasteiger partial charge is 0.433 e. The fraction of sp³-hybridized carbons (Fsp3) is 0.440. The van der Waals surface area contributed by atoms with Crippen LogP contribution in [0, 0.1) is 16.7 Å². The molecular formula is C25H28F3N7. The van der Waals surface area contributed by atoms with E-state index in [-0.39, 0.29) is 5.92 Å². The predicted molar refractivity (Wildman–Crippen MR) is 129 cm³/mol. The van der Waals surface area contributed by atoms with Crippen molar-refractivity contribution in [2.24, 2.45) is 5.92 Å². The Morgan fingerprint density at radius 2 is 2.03 bits per heavy atom. The molecule has 0 amide bonds. The average Bonchev–Trinajstić information content (AvgIpc) is 3.21. The molecule has 184 valence electrons. The smallest absolute Gasteiger partial charge is 0.324 e. The number of halogens is 3. The fourth-order valence-electron chi connectivity index (χ4n) is 4.91. The van der Waals surface area contributed by atoms with Crippen molar-refractivity contribution < 1.29 is 13.2 Å². The van der Waals surface area contributed by atoms with E-state index >= 15 is 0 Å². The van der Waals surface area contributed by atoms with E-state index in [0.29, 0.717) is 46.2 Å². The number of rotatable bonds is 7. The van der Waals surface area contributed by atoms with Crippen LogP contribution in [0.3, 0.4) is 0 Å². The lowest BCUT2D eigenvalue weighted by molar-refractivity contribution is -0.141. The van der Waals surface area contributed by atoms with Crippen molar-refractivity contribution in [3.8, 4) is 11.3 Å². The number of likely N-dealkylation sites (tertiary alicyclic amines) is 1. The molecule has 1 unspecified atom stereocenters. The number of nitrogens with zero attached hydrogens (tertiary/aromatic N) is 4. The topological polar surface area (TPSA) is 95.8 Å². The molecule has 0 bridgehead atoms. The molecule has 35 heavy (non-hydrogen) atoms. The summed E-state index contributed by atoms with van der Waals surface area (Å²) in [5, 5.41) is 24.0. The molecule has 1 saturated carbocycles. The molecule has 1 saturated heterocycles. The summed E-state index contributed by atoms with van der Waals surface area (Å²) in [7, 11) is 1.69. The van der Waals surface area contributed by atoms with Gasteiger partial charge in [0.2, 0.25) is 0 Å². The first kappa shape index (κ1) is 23.5. The first-order valence-electron chi connectivity index (χ1n) is 11.9. The summed E-state index contributed by atoms with van der Waals surface area (Å²) in [6.07, 6.45) is 0.733. The number of amidine groups is 1. The minimum atomic E-state index is -4.56. The zero-order valence-electron chi connectivity index (χ0n) is 19.5. The quantitative estimate of drug-likeness (QED) is 0.316. The highest BCUT2D eigenvalue weighted by Gasteiger charge is 2.35. The van der Waals surface area contributed by atoms with Crippen LogP contribution in [-0.2, 0) is 12.7 Å². The molecule has 1 aromatic carbocycles. The molecule has 7 nitrogen and oxygen atoms in total. The van der Waals surface area contributed by atoms with Crippen LogP contribution in [0.5, 0.6) is 0 Å². The lowest BCUT2D eigenvalue weighted by Crippen LogP contribution is -2.36. The summed E-state index contributed by atoms with van der Waals surface area (Å²) in [6.45, 7) is 2.04. The van der Waals surface area contributed by atoms with Crippen molar-refractivity contribution in [1.29, 1.82) is 10.8 Å². The molecule has 2 fully saturated rings. The van der Waals surface area contributed by atoms with Gasteiger partial charge in [0.1, 0.15) is 17.2 Å². The number of H-pyrrole nitrogens is 1. The molecule has 1 aliphatic carbocycles. The highest BCUT2D eigenvalue weighted by atomic mass is 19.4. The first-order valence-corrected chi connectivity index (χ1v) is 11.9. The van der Waals surface area contributed by atoms with Gasteiger partial charge in [-0.1, -0.05) is 24.6 Å². The van der Waals surface area contributed by atoms with Gasteiger partial charge in [-0.2, -0.15) is 18.3 Å². The maximum Gasteiger partial charge on any atom is 0.433 e. The molecular weight excluding hydrogens is 455 g/mol. The molecule has 1 aliphatic heterocycles. The Morgan fingerprint density at radius 3 is 2.63 bits per heavy atom. The summed E-state index contributed by atoms with van der Waals surface area (Å²) >= 11 is 0. The summed E-state index contributed by atoms with van der Waals surface area (Å²) in [5.41, 5.74) is 2.01. The van der Waals surface area contributed by atoms with Crippen LogP contribution in [0.1, 0.15) is 48.6 Å². The molecule has 0 spiro atoms. The average molecular weight is 484 g/mol. The second-order valence-corrected chi connectivity index (χ2v) is 9.50. The standard InChI is InChI=1S/C25H28F3N7/c1-34(14-29)24(30)21(15-5-2-6-15)16-7-3-8-17(11-16)22-18-12-20(25(26,27)28)31-19(23(18)33-32-22)13-35-9-4-10-35/h3,7-8,11-12,14-15,21,29-30H,2,4-6,9-10,13H2,1H3,(H,32,33). The maximum atomic E-state index is 13.7. The van der Waals surface area contributed by atoms with Gasteiger partial charge in [0.05, 0.1) is 17.5 Å². The van der Waals surface area contributed by atoms with Gasteiger partial charge in [0.25, 0.3) is 0 Å². The zero-order chi connectivity index (χ0) is 24.7. The lowest BCUT2D eigenvalue weighted by Gasteiger charge is -2.36. The molecule has 2 aromatic heterocycles. The third-order valence-corrected chi connectivity index (χ3v) is 7.25. The Kier molecular flexibility index (Phi) is 6.08. The van der Waals surface area contributed by atoms with Crippen LogP contribution >= 0.6 is 0 Å². The molecule has 3 aromatic rings. The molecule has 10 heteroatoms. The molecule has 2 aliphatic rings. The number of likely N-dealkylation sites (N-methyl/N-ethyl adjacent to an activating group) is 1. The highest BCUT2D eigenvalue weighted by molar-refractivity contribution is 5.96. The van der Waals surface area contributed by atoms with Gasteiger partial charge >= 0.3 is 6.18 Å². The van der Waals surface area contributed by atoms with Gasteiger partial charge in [-0.05, 0) is 56.0 Å². The third-order valence-electron chi connectivity index (χ3n) is 7.25. The predicted octanol–water partition coefficient (Wildman–Crippen LogP) is 5.25. The SMILES string of the molecule is CN(C=N)C(=N)C(c1cccc(-c2n[nH]c3c(CN4CCC4)nc(C(F)(F)F)cc23)c1)C1CCC1. The summed E-state index contributed by atoms with van der Waals surface area (Å²) < 4.78 is 41.2. The molecule has 3 N–H and O–H groups in total. The van der Waals surface area contributed by atoms with Crippen LogP contribution in [0.2, 0.25) is 0 Å². The molecule has 5 rings (SSSR count). The number of aromatic amines is 1. The third kappa shape index (κ3) is 4.42. The minimum Gasteiger partial charge on any atom is -0.324 e. The number of nitrogens with one attached hydrogen (secondary N) is 3. The Morgan fingerprint density at radius 1 is 1.26 bits per heavy atom. The van der Waals surface area contributed by atoms with Crippen molar-refractivity contribution in [2.75, 3.05) is 20.1 Å². The van der Waals surface area contributed by atoms with Gasteiger partial charge < -0.3 is 4.90 Å². The van der Waals surface area contributed by atoms with Crippen LogP contribution in [0.25, 0.3) is 22.2 Å². The van der Waals surface area contributed by atoms with E-state index in [0.717, 1.165) is 56.7 Å². The lowest BCUT2D eigenvalue weighted by atomic mass is 9.72. The maximum absolute atomic E-state index is 13.7. The van der Waals surface area contributed by atoms with Crippen LogP contribution in [0.4, 0.5) is 13.2 Å². The number of hydrogen-bond donors (Lipinski definition) is 3. The van der Waals surface area contributed by atoms with Gasteiger partial charge in [-0.15, -0.1) is 0 Å². The summed E-state index contributed by atoms with van der Waals surface area (Å²) in [5.74, 6) is 0.462. The van der Waals surface area contributed by atoms with E-state index in [4.69, 9.17) is 10.8 Å². The Bertz CT molecular complexity index is 1260. The van der Waals surface area contributed by atoms with Crippen molar-refractivity contribution >= 4 is 23.1 Å². The number of pyridine rings is 1. The van der Waals surface area contributed by atoms with Crippen molar-refractivity contribution in [2.45, 2.75) is 44.3 Å². The number of aromatic nitrogens is 3. The van der Waals surface area contributed by atoms with E-state index in [9.17, 15) is 13.2 Å². The Labute approximate surface area is 201 Å². The highest BCUT2D eigenvalue weighted by Crippen LogP contribution is 2.42. The summed E-state index contributed by atoms with van der Waals surface area (Å²) in [4.78, 5) is 7.52. The Hall–Kier alpha value is -3.27. The van der Waals surface area contributed by atoms with Gasteiger partial charge in [-0.3, -0.25) is 20.8 Å². The van der Waals surface area contributed by atoms with E-state index in [1.807, 2.05) is 24.3 Å². The number of fused-ring (bicyclic) bond motifs is 1. The molecule has 0 radical (unpaired) electrons. The summed E-state index contributed by atoms with van der Waals surface area (Å²) in [6, 6.07) is 8.65. The van der Waals surface area contributed by atoms with Crippen molar-refractivity contribution in [3.05, 3.63) is 47.3 Å². The first-order chi connectivity index (χ1) is 16.8. The van der Waals surface area contributed by atoms with Gasteiger partial charge in [0.15, 0.2) is 0 Å². The Balaban J connectivity index is 1.59. The molecule has 3 heterocycles. The second kappa shape index (κ2) is 9.07. The van der Waals surface area contributed by atoms with E-state index in [1.165, 1.54) is 4.90 Å². The van der Waals surface area contributed by atoms with Crippen LogP contribution in [-0.4, -0.2) is 57.3 Å². The van der Waals surface area contributed by atoms with Crippen molar-refractivity contribution in [1.82, 2.24) is 25.0 Å². The zero-order valence-corrected chi connectivity index (χ0v) is 19.5. The second-order valence-electron chi connectivity index (χ2n) is 9.50. The normalized spacial score (nSPS) is 17.6. The van der Waals surface area contributed by atoms with Crippen LogP contribution < -0.4 is 0 Å². The molecule has 1 atom stereocenters. The van der Waals surface area contributed by atoms with E-state index < -0.39 is 11.9 Å². The number of benzene rings is 1. The monoisotopic (exact) mass is 483 g/mol. The van der Waals surface area contributed by atoms with Gasteiger partial charge in [0, 0.05) is 30.5 Å². The van der Waals surface area contributed by atoms with E-state index in [2.05, 4.69) is 20.1 Å². The number of hydrogen-bond acceptors (Lipinski definition) is 5. The van der Waals surface area contributed by atoms with Gasteiger partial charge in [-0.25, -0.2) is 4.98 Å². The minimum absolute atomic E-state index is 0.185.